The van der Waals surface area contributed by atoms with Crippen LogP contribution in [0, 0.1) is 17.6 Å². The molecule has 2 N–H and O–H groups in total. The summed E-state index contributed by atoms with van der Waals surface area (Å²) in [7, 11) is -4.12. The molecule has 0 saturated carbocycles. The Bertz CT molecular complexity index is 786. The van der Waals surface area contributed by atoms with E-state index in [1.807, 2.05) is 0 Å². The maximum atomic E-state index is 13.9. The monoisotopic (exact) mass is 423 g/mol. The van der Waals surface area contributed by atoms with Gasteiger partial charge in [0.25, 0.3) is 0 Å². The Balaban J connectivity index is 0.00000261. The molecule has 10 heteroatoms. The van der Waals surface area contributed by atoms with Gasteiger partial charge in [-0.05, 0) is 43.9 Å². The summed E-state index contributed by atoms with van der Waals surface area (Å²) in [4.78, 5) is 13.7. The van der Waals surface area contributed by atoms with Crippen molar-refractivity contribution in [2.45, 2.75) is 36.6 Å². The van der Waals surface area contributed by atoms with E-state index < -0.39 is 26.6 Å². The Morgan fingerprint density at radius 1 is 1.11 bits per heavy atom. The summed E-state index contributed by atoms with van der Waals surface area (Å²) < 4.78 is 53.5. The Hall–Kier alpha value is -1.29. The van der Waals surface area contributed by atoms with Crippen LogP contribution >= 0.6 is 12.4 Å². The lowest BCUT2D eigenvalue weighted by Gasteiger charge is -2.36. The molecule has 2 heterocycles. The molecule has 2 fully saturated rings. The fourth-order valence-corrected chi connectivity index (χ4v) is 5.17. The fraction of sp³-hybridized carbons (Fsp3) is 0.588. The van der Waals surface area contributed by atoms with E-state index in [2.05, 4.69) is 0 Å². The van der Waals surface area contributed by atoms with Gasteiger partial charge in [0.1, 0.15) is 16.5 Å². The number of carbonyl (C=O) groups excluding carboxylic acids is 1. The Labute approximate surface area is 164 Å². The van der Waals surface area contributed by atoms with E-state index in [4.69, 9.17) is 5.73 Å². The van der Waals surface area contributed by atoms with E-state index in [-0.39, 0.29) is 43.4 Å². The van der Waals surface area contributed by atoms with Gasteiger partial charge in [0.2, 0.25) is 15.9 Å². The highest BCUT2D eigenvalue weighted by Gasteiger charge is 2.35. The van der Waals surface area contributed by atoms with Crippen LogP contribution in [-0.4, -0.2) is 55.8 Å². The predicted molar refractivity (Wildman–Crippen MR) is 98.9 cm³/mol. The van der Waals surface area contributed by atoms with Crippen LogP contribution < -0.4 is 5.73 Å². The number of sulfonamides is 1. The smallest absolute Gasteiger partial charge is 0.246 e. The maximum Gasteiger partial charge on any atom is 0.246 e. The molecule has 0 aromatic heterocycles. The van der Waals surface area contributed by atoms with Gasteiger partial charge in [-0.3, -0.25) is 4.79 Å². The highest BCUT2D eigenvalue weighted by molar-refractivity contribution is 7.89. The van der Waals surface area contributed by atoms with Crippen LogP contribution in [0.5, 0.6) is 0 Å². The summed E-state index contributed by atoms with van der Waals surface area (Å²) in [6, 6.07) is 2.36. The lowest BCUT2D eigenvalue weighted by Crippen LogP contribution is -2.50. The summed E-state index contributed by atoms with van der Waals surface area (Å²) in [6.45, 7) is 1.43. The molecule has 152 valence electrons. The molecule has 6 nitrogen and oxygen atoms in total. The van der Waals surface area contributed by atoms with Crippen molar-refractivity contribution in [2.75, 3.05) is 26.2 Å². The molecule has 3 rings (SSSR count). The molecular formula is C17H24ClF2N3O3S. The van der Waals surface area contributed by atoms with Gasteiger partial charge in [-0.25, -0.2) is 17.2 Å². The largest absolute Gasteiger partial charge is 0.341 e. The van der Waals surface area contributed by atoms with Crippen LogP contribution in [0.3, 0.4) is 0 Å². The van der Waals surface area contributed by atoms with Crippen LogP contribution in [0.4, 0.5) is 8.78 Å². The summed E-state index contributed by atoms with van der Waals surface area (Å²) in [5, 5.41) is 0. The van der Waals surface area contributed by atoms with Crippen molar-refractivity contribution in [1.82, 2.24) is 9.21 Å². The van der Waals surface area contributed by atoms with Crippen molar-refractivity contribution < 1.29 is 22.0 Å². The first-order chi connectivity index (χ1) is 12.3. The van der Waals surface area contributed by atoms with Crippen molar-refractivity contribution >= 4 is 28.3 Å². The van der Waals surface area contributed by atoms with E-state index in [1.54, 1.807) is 4.90 Å². The average Bonchev–Trinajstić information content (AvgIpc) is 2.63. The SMILES string of the molecule is Cl.NC1CCCN(C(=O)C2CCN(S(=O)(=O)c3cc(F)ccc3F)CC2)C1. The minimum absolute atomic E-state index is 0. The number of halogens is 3. The quantitative estimate of drug-likeness (QED) is 0.802. The average molecular weight is 424 g/mol. The van der Waals surface area contributed by atoms with Crippen molar-refractivity contribution in [3.63, 3.8) is 0 Å². The fourth-order valence-electron chi connectivity index (χ4n) is 3.63. The molecule has 0 spiro atoms. The topological polar surface area (TPSA) is 83.7 Å². The van der Waals surface area contributed by atoms with Crippen molar-refractivity contribution in [3.8, 4) is 0 Å². The number of nitrogens with zero attached hydrogens (tertiary/aromatic N) is 2. The predicted octanol–water partition coefficient (Wildman–Crippen LogP) is 1.74. The molecule has 0 aliphatic carbocycles. The molecule has 2 saturated heterocycles. The summed E-state index contributed by atoms with van der Waals surface area (Å²) in [5.41, 5.74) is 5.91. The Morgan fingerprint density at radius 2 is 1.78 bits per heavy atom. The van der Waals surface area contributed by atoms with Gasteiger partial charge in [0.15, 0.2) is 0 Å². The Kier molecular flexibility index (Phi) is 7.18. The molecule has 27 heavy (non-hydrogen) atoms. The first-order valence-electron chi connectivity index (χ1n) is 8.78. The molecule has 1 amide bonds. The molecule has 1 aromatic carbocycles. The first kappa shape index (κ1) is 22.0. The summed E-state index contributed by atoms with van der Waals surface area (Å²) in [6.07, 6.45) is 2.50. The van der Waals surface area contributed by atoms with E-state index in [0.717, 1.165) is 29.3 Å². The molecule has 2 aliphatic rings. The zero-order valence-electron chi connectivity index (χ0n) is 14.8. The first-order valence-corrected chi connectivity index (χ1v) is 10.2. The van der Waals surface area contributed by atoms with Gasteiger partial charge >= 0.3 is 0 Å². The van der Waals surface area contributed by atoms with Crippen LogP contribution in [0.2, 0.25) is 0 Å². The normalized spacial score (nSPS) is 22.3. The number of nitrogens with two attached hydrogens (primary N) is 1. The number of rotatable bonds is 3. The van der Waals surface area contributed by atoms with Gasteiger partial charge < -0.3 is 10.6 Å². The van der Waals surface area contributed by atoms with Gasteiger partial charge in [-0.1, -0.05) is 0 Å². The second-order valence-electron chi connectivity index (χ2n) is 6.94. The molecule has 0 radical (unpaired) electrons. The van der Waals surface area contributed by atoms with E-state index in [9.17, 15) is 22.0 Å². The third-order valence-corrected chi connectivity index (χ3v) is 7.00. The highest BCUT2D eigenvalue weighted by Crippen LogP contribution is 2.27. The third-order valence-electron chi connectivity index (χ3n) is 5.08. The van der Waals surface area contributed by atoms with Crippen LogP contribution in [-0.2, 0) is 14.8 Å². The molecule has 1 atom stereocenters. The number of benzene rings is 1. The van der Waals surface area contributed by atoms with E-state index in [1.165, 1.54) is 0 Å². The van der Waals surface area contributed by atoms with Gasteiger partial charge in [-0.2, -0.15) is 4.31 Å². The zero-order valence-corrected chi connectivity index (χ0v) is 16.4. The van der Waals surface area contributed by atoms with Crippen molar-refractivity contribution in [1.29, 1.82) is 0 Å². The van der Waals surface area contributed by atoms with Gasteiger partial charge in [0.05, 0.1) is 0 Å². The maximum absolute atomic E-state index is 13.9. The van der Waals surface area contributed by atoms with Crippen LogP contribution in [0.1, 0.15) is 25.7 Å². The lowest BCUT2D eigenvalue weighted by atomic mass is 9.95. The van der Waals surface area contributed by atoms with Crippen LogP contribution in [0.15, 0.2) is 23.1 Å². The van der Waals surface area contributed by atoms with Crippen LogP contribution in [0.25, 0.3) is 0 Å². The van der Waals surface area contributed by atoms with E-state index in [0.29, 0.717) is 32.0 Å². The number of hydrogen-bond acceptors (Lipinski definition) is 4. The van der Waals surface area contributed by atoms with Gasteiger partial charge in [0, 0.05) is 38.1 Å². The summed E-state index contributed by atoms with van der Waals surface area (Å²) >= 11 is 0. The number of piperidine rings is 2. The third kappa shape index (κ3) is 4.77. The molecule has 1 unspecified atom stereocenters. The molecule has 1 aromatic rings. The molecule has 2 aliphatic heterocycles. The van der Waals surface area contributed by atoms with Gasteiger partial charge in [-0.15, -0.1) is 12.4 Å². The number of carbonyl (C=O) groups is 1. The summed E-state index contributed by atoms with van der Waals surface area (Å²) in [5.74, 6) is -2.04. The number of amides is 1. The second kappa shape index (κ2) is 8.81. The molecular weight excluding hydrogens is 400 g/mol. The number of hydrogen-bond donors (Lipinski definition) is 1. The number of likely N-dealkylation sites (tertiary alicyclic amines) is 1. The lowest BCUT2D eigenvalue weighted by molar-refractivity contribution is -0.137. The van der Waals surface area contributed by atoms with Crippen molar-refractivity contribution in [3.05, 3.63) is 29.8 Å². The Morgan fingerprint density at radius 3 is 2.41 bits per heavy atom. The highest BCUT2D eigenvalue weighted by atomic mass is 35.5. The zero-order chi connectivity index (χ0) is 18.9. The molecule has 0 bridgehead atoms. The van der Waals surface area contributed by atoms with Crippen molar-refractivity contribution in [2.24, 2.45) is 11.7 Å². The second-order valence-corrected chi connectivity index (χ2v) is 8.85. The standard InChI is InChI=1S/C17H23F2N3O3S.ClH/c18-13-3-4-15(19)16(10-13)26(24,25)22-8-5-12(6-9-22)17(23)21-7-1-2-14(20)11-21;/h3-4,10,12,14H,1-2,5-9,11,20H2;1H. The van der Waals surface area contributed by atoms with E-state index >= 15 is 0 Å². The minimum Gasteiger partial charge on any atom is -0.341 e. The minimum atomic E-state index is -4.12.